The van der Waals surface area contributed by atoms with Gasteiger partial charge < -0.3 is 14.4 Å². The fourth-order valence-corrected chi connectivity index (χ4v) is 2.43. The van der Waals surface area contributed by atoms with Gasteiger partial charge in [0.25, 0.3) is 0 Å². The molecule has 1 unspecified atom stereocenters. The van der Waals surface area contributed by atoms with Crippen molar-refractivity contribution in [2.75, 3.05) is 31.8 Å². The number of hydrogen-bond donors (Lipinski definition) is 0. The lowest BCUT2D eigenvalue weighted by atomic mass is 9.99. The predicted octanol–water partition coefficient (Wildman–Crippen LogP) is 1.97. The number of carbonyl (C=O) groups excluding carboxylic acids is 1. The Labute approximate surface area is 119 Å². The van der Waals surface area contributed by atoms with E-state index in [1.807, 2.05) is 19.3 Å². The summed E-state index contributed by atoms with van der Waals surface area (Å²) >= 11 is 0. The van der Waals surface area contributed by atoms with E-state index in [2.05, 4.69) is 22.9 Å². The number of rotatable bonds is 4. The van der Waals surface area contributed by atoms with E-state index in [4.69, 9.17) is 9.47 Å². The molecule has 0 amide bonds. The molecular weight excluding hydrogens is 256 g/mol. The summed E-state index contributed by atoms with van der Waals surface area (Å²) < 4.78 is 10.2. The maximum absolute atomic E-state index is 11.4. The maximum Gasteiger partial charge on any atom is 0.306 e. The van der Waals surface area contributed by atoms with Gasteiger partial charge in [-0.3, -0.25) is 9.78 Å². The van der Waals surface area contributed by atoms with Gasteiger partial charge in [-0.1, -0.05) is 6.92 Å². The summed E-state index contributed by atoms with van der Waals surface area (Å²) in [7, 11) is 1.42. The molecule has 1 aromatic heterocycles. The predicted molar refractivity (Wildman–Crippen MR) is 76.9 cm³/mol. The molecule has 1 aliphatic heterocycles. The summed E-state index contributed by atoms with van der Waals surface area (Å²) in [5, 5.41) is 0. The van der Waals surface area contributed by atoms with E-state index in [-0.39, 0.29) is 11.9 Å². The van der Waals surface area contributed by atoms with Gasteiger partial charge in [0, 0.05) is 18.8 Å². The average Bonchev–Trinajstić information content (AvgIpc) is 2.47. The largest absolute Gasteiger partial charge is 0.469 e. The molecule has 2 heterocycles. The standard InChI is InChI=1S/C15H22N2O3/c1-11(6-15(18)19-3)13-7-14(9-16-8-13)17-4-5-20-10-12(17)2/h7-9,11-12H,4-6,10H2,1-3H3/t11?,12-/m0/s1. The van der Waals surface area contributed by atoms with Gasteiger partial charge in [0.1, 0.15) is 0 Å². The minimum atomic E-state index is -0.192. The number of morpholine rings is 1. The van der Waals surface area contributed by atoms with Crippen LogP contribution in [0.15, 0.2) is 18.5 Å². The number of pyridine rings is 1. The first-order chi connectivity index (χ1) is 9.61. The molecular formula is C15H22N2O3. The molecule has 110 valence electrons. The molecule has 0 bridgehead atoms. The molecule has 0 spiro atoms. The summed E-state index contributed by atoms with van der Waals surface area (Å²) in [6.07, 6.45) is 4.07. The van der Waals surface area contributed by atoms with Crippen molar-refractivity contribution in [3.63, 3.8) is 0 Å². The average molecular weight is 278 g/mol. The molecule has 1 aliphatic rings. The fourth-order valence-electron chi connectivity index (χ4n) is 2.43. The van der Waals surface area contributed by atoms with Gasteiger partial charge in [0.05, 0.1) is 38.6 Å². The third-order valence-corrected chi connectivity index (χ3v) is 3.71. The number of nitrogens with zero attached hydrogens (tertiary/aromatic N) is 2. The second kappa shape index (κ2) is 6.70. The van der Waals surface area contributed by atoms with E-state index < -0.39 is 0 Å². The lowest BCUT2D eigenvalue weighted by molar-refractivity contribution is -0.140. The molecule has 1 saturated heterocycles. The highest BCUT2D eigenvalue weighted by atomic mass is 16.5. The molecule has 20 heavy (non-hydrogen) atoms. The van der Waals surface area contributed by atoms with Crippen molar-refractivity contribution in [3.8, 4) is 0 Å². The molecule has 1 fully saturated rings. The van der Waals surface area contributed by atoms with Crippen LogP contribution in [0, 0.1) is 0 Å². The minimum Gasteiger partial charge on any atom is -0.469 e. The number of methoxy groups -OCH3 is 1. The third kappa shape index (κ3) is 3.48. The molecule has 1 aromatic rings. The van der Waals surface area contributed by atoms with Gasteiger partial charge in [-0.05, 0) is 24.5 Å². The zero-order valence-corrected chi connectivity index (χ0v) is 12.3. The van der Waals surface area contributed by atoms with Gasteiger partial charge in [-0.2, -0.15) is 0 Å². The van der Waals surface area contributed by atoms with Crippen LogP contribution in [0.4, 0.5) is 5.69 Å². The van der Waals surface area contributed by atoms with Crippen molar-refractivity contribution in [3.05, 3.63) is 24.0 Å². The minimum absolute atomic E-state index is 0.103. The van der Waals surface area contributed by atoms with Gasteiger partial charge in [-0.25, -0.2) is 0 Å². The Morgan fingerprint density at radius 3 is 3.10 bits per heavy atom. The smallest absolute Gasteiger partial charge is 0.306 e. The highest BCUT2D eigenvalue weighted by Crippen LogP contribution is 2.25. The molecule has 5 nitrogen and oxygen atoms in total. The van der Waals surface area contributed by atoms with Crippen LogP contribution >= 0.6 is 0 Å². The Kier molecular flexibility index (Phi) is 4.95. The normalized spacial score (nSPS) is 20.6. The van der Waals surface area contributed by atoms with E-state index in [9.17, 15) is 4.79 Å². The molecule has 0 aliphatic carbocycles. The quantitative estimate of drug-likeness (QED) is 0.788. The number of anilines is 1. The number of esters is 1. The van der Waals surface area contributed by atoms with E-state index in [0.29, 0.717) is 12.5 Å². The lowest BCUT2D eigenvalue weighted by Gasteiger charge is -2.35. The summed E-state index contributed by atoms with van der Waals surface area (Å²) in [5.74, 6) is -0.0890. The van der Waals surface area contributed by atoms with Gasteiger partial charge in [-0.15, -0.1) is 0 Å². The van der Waals surface area contributed by atoms with Crippen molar-refractivity contribution < 1.29 is 14.3 Å². The molecule has 0 aromatic carbocycles. The molecule has 2 rings (SSSR count). The maximum atomic E-state index is 11.4. The summed E-state index contributed by atoms with van der Waals surface area (Å²) in [4.78, 5) is 18.0. The van der Waals surface area contributed by atoms with E-state index in [1.54, 1.807) is 0 Å². The topological polar surface area (TPSA) is 51.7 Å². The van der Waals surface area contributed by atoms with Crippen molar-refractivity contribution >= 4 is 11.7 Å². The first-order valence-electron chi connectivity index (χ1n) is 6.98. The van der Waals surface area contributed by atoms with Crippen LogP contribution < -0.4 is 4.90 Å². The second-order valence-corrected chi connectivity index (χ2v) is 5.28. The lowest BCUT2D eigenvalue weighted by Crippen LogP contribution is -2.43. The zero-order valence-electron chi connectivity index (χ0n) is 12.3. The van der Waals surface area contributed by atoms with Crippen LogP contribution in [-0.2, 0) is 14.3 Å². The Hall–Kier alpha value is -1.62. The Balaban J connectivity index is 2.12. The SMILES string of the molecule is COC(=O)CC(C)c1cncc(N2CCOC[C@@H]2C)c1. The van der Waals surface area contributed by atoms with Crippen molar-refractivity contribution in [2.24, 2.45) is 0 Å². The Morgan fingerprint density at radius 2 is 2.40 bits per heavy atom. The van der Waals surface area contributed by atoms with Crippen LogP contribution in [0.25, 0.3) is 0 Å². The van der Waals surface area contributed by atoms with Crippen LogP contribution in [0.5, 0.6) is 0 Å². The molecule has 2 atom stereocenters. The molecule has 0 radical (unpaired) electrons. The number of aromatic nitrogens is 1. The highest BCUT2D eigenvalue weighted by Gasteiger charge is 2.20. The Morgan fingerprint density at radius 1 is 1.60 bits per heavy atom. The van der Waals surface area contributed by atoms with Crippen LogP contribution in [0.1, 0.15) is 31.7 Å². The van der Waals surface area contributed by atoms with Crippen LogP contribution in [0.2, 0.25) is 0 Å². The Bertz CT molecular complexity index is 464. The third-order valence-electron chi connectivity index (χ3n) is 3.71. The van der Waals surface area contributed by atoms with Crippen molar-refractivity contribution in [1.29, 1.82) is 0 Å². The fraction of sp³-hybridized carbons (Fsp3) is 0.600. The second-order valence-electron chi connectivity index (χ2n) is 5.28. The molecule has 0 saturated carbocycles. The zero-order chi connectivity index (χ0) is 14.5. The summed E-state index contributed by atoms with van der Waals surface area (Å²) in [6, 6.07) is 2.46. The summed E-state index contributed by atoms with van der Waals surface area (Å²) in [6.45, 7) is 6.51. The van der Waals surface area contributed by atoms with E-state index in [1.165, 1.54) is 7.11 Å². The number of carbonyl (C=O) groups is 1. The number of ether oxygens (including phenoxy) is 2. The molecule has 5 heteroatoms. The summed E-state index contributed by atoms with van der Waals surface area (Å²) in [5.41, 5.74) is 2.15. The monoisotopic (exact) mass is 278 g/mol. The van der Waals surface area contributed by atoms with Crippen LogP contribution in [0.3, 0.4) is 0 Å². The van der Waals surface area contributed by atoms with Crippen LogP contribution in [-0.4, -0.2) is 43.9 Å². The first kappa shape index (κ1) is 14.8. The highest BCUT2D eigenvalue weighted by molar-refractivity contribution is 5.70. The molecule has 0 N–H and O–H groups in total. The first-order valence-corrected chi connectivity index (χ1v) is 6.98. The van der Waals surface area contributed by atoms with E-state index in [0.717, 1.165) is 31.0 Å². The van der Waals surface area contributed by atoms with Gasteiger partial charge in [0.15, 0.2) is 0 Å². The van der Waals surface area contributed by atoms with Crippen molar-refractivity contribution in [1.82, 2.24) is 4.98 Å². The van der Waals surface area contributed by atoms with E-state index >= 15 is 0 Å². The van der Waals surface area contributed by atoms with Crippen molar-refractivity contribution in [2.45, 2.75) is 32.2 Å². The van der Waals surface area contributed by atoms with Gasteiger partial charge in [0.2, 0.25) is 0 Å². The number of hydrogen-bond acceptors (Lipinski definition) is 5. The van der Waals surface area contributed by atoms with Gasteiger partial charge >= 0.3 is 5.97 Å².